The van der Waals surface area contributed by atoms with Crippen LogP contribution in [0, 0.1) is 5.82 Å². The first-order chi connectivity index (χ1) is 12.2. The molecule has 1 aliphatic heterocycles. The van der Waals surface area contributed by atoms with Gasteiger partial charge in [-0.2, -0.15) is 0 Å². The third-order valence-corrected chi connectivity index (χ3v) is 4.57. The smallest absolute Gasteiger partial charge is 0.285 e. The van der Waals surface area contributed by atoms with Crippen LogP contribution in [0.1, 0.15) is 37.7 Å². The van der Waals surface area contributed by atoms with Gasteiger partial charge in [0.25, 0.3) is 5.92 Å². The van der Waals surface area contributed by atoms with Gasteiger partial charge in [0.15, 0.2) is 0 Å². The molecule has 0 amide bonds. The van der Waals surface area contributed by atoms with Crippen LogP contribution in [0.2, 0.25) is 0 Å². The maximum absolute atomic E-state index is 14.0. The molecule has 0 unspecified atom stereocenters. The maximum atomic E-state index is 14.0. The van der Waals surface area contributed by atoms with Crippen LogP contribution in [-0.4, -0.2) is 20.8 Å². The Labute approximate surface area is 149 Å². The Bertz CT molecular complexity index is 1040. The van der Waals surface area contributed by atoms with Crippen LogP contribution in [0.5, 0.6) is 0 Å². The second kappa shape index (κ2) is 5.43. The molecule has 0 saturated carbocycles. The summed E-state index contributed by atoms with van der Waals surface area (Å²) in [6.07, 6.45) is 1.55. The van der Waals surface area contributed by atoms with Gasteiger partial charge < -0.3 is 4.57 Å². The molecule has 0 N–H and O–H groups in total. The Morgan fingerprint density at radius 1 is 1.15 bits per heavy atom. The number of hydrogen-bond donors (Lipinski definition) is 0. The highest BCUT2D eigenvalue weighted by atomic mass is 19.3. The number of fused-ring (bicyclic) bond motifs is 2. The fraction of sp³-hybridized carbons (Fsp3) is 0.300. The molecule has 26 heavy (non-hydrogen) atoms. The van der Waals surface area contributed by atoms with Gasteiger partial charge in [0.05, 0.1) is 22.6 Å². The number of benzene rings is 1. The Hall–Kier alpha value is -2.63. The summed E-state index contributed by atoms with van der Waals surface area (Å²) in [6.45, 7) is 5.07. The molecule has 0 spiro atoms. The number of aliphatic imine (C=N–C) groups is 1. The summed E-state index contributed by atoms with van der Waals surface area (Å²) >= 11 is 0. The van der Waals surface area contributed by atoms with E-state index in [1.807, 2.05) is 13.8 Å². The second-order valence-corrected chi connectivity index (χ2v) is 7.39. The fourth-order valence-corrected chi connectivity index (χ4v) is 3.48. The number of rotatable bonds is 2. The lowest BCUT2D eigenvalue weighted by molar-refractivity contribution is 0.00814. The lowest BCUT2D eigenvalue weighted by Gasteiger charge is -2.31. The van der Waals surface area contributed by atoms with Crippen LogP contribution in [-0.2, 0) is 12.5 Å². The minimum absolute atomic E-state index is 0.0345. The zero-order valence-electron chi connectivity index (χ0n) is 14.7. The second-order valence-electron chi connectivity index (χ2n) is 7.39. The lowest BCUT2D eigenvalue weighted by atomic mass is 9.99. The fourth-order valence-electron chi connectivity index (χ4n) is 3.48. The van der Waals surface area contributed by atoms with Gasteiger partial charge in [-0.15, -0.1) is 0 Å². The van der Waals surface area contributed by atoms with Gasteiger partial charge in [0.2, 0.25) is 0 Å². The SMILES string of the molecule is CC1(C)Cn2c(ccc2C(C)(F)F)C(c2cnc3c(F)cccc3c2)=N1. The van der Waals surface area contributed by atoms with E-state index in [0.29, 0.717) is 28.9 Å². The van der Waals surface area contributed by atoms with E-state index in [4.69, 9.17) is 4.99 Å². The molecule has 0 atom stereocenters. The van der Waals surface area contributed by atoms with Crippen molar-refractivity contribution in [3.05, 3.63) is 65.4 Å². The summed E-state index contributed by atoms with van der Waals surface area (Å²) in [5.74, 6) is -3.34. The van der Waals surface area contributed by atoms with Crippen molar-refractivity contribution in [2.24, 2.45) is 4.99 Å². The molecular formula is C20H18F3N3. The largest absolute Gasteiger partial charge is 0.336 e. The Morgan fingerprint density at radius 3 is 2.65 bits per heavy atom. The Balaban J connectivity index is 1.92. The molecule has 4 rings (SSSR count). The molecule has 3 aromatic rings. The topological polar surface area (TPSA) is 30.2 Å². The highest BCUT2D eigenvalue weighted by Crippen LogP contribution is 2.34. The van der Waals surface area contributed by atoms with Crippen LogP contribution in [0.25, 0.3) is 10.9 Å². The van der Waals surface area contributed by atoms with E-state index in [1.54, 1.807) is 35.0 Å². The van der Waals surface area contributed by atoms with E-state index in [9.17, 15) is 13.2 Å². The Kier molecular flexibility index (Phi) is 3.51. The van der Waals surface area contributed by atoms with Gasteiger partial charge in [-0.05, 0) is 38.1 Å². The summed E-state index contributed by atoms with van der Waals surface area (Å²) in [5, 5.41) is 0.646. The van der Waals surface area contributed by atoms with Gasteiger partial charge >= 0.3 is 0 Å². The predicted molar refractivity (Wildman–Crippen MR) is 95.4 cm³/mol. The van der Waals surface area contributed by atoms with Gasteiger partial charge in [0.1, 0.15) is 11.3 Å². The lowest BCUT2D eigenvalue weighted by Crippen LogP contribution is -2.35. The van der Waals surface area contributed by atoms with Crippen molar-refractivity contribution in [3.8, 4) is 0 Å². The van der Waals surface area contributed by atoms with Crippen LogP contribution < -0.4 is 0 Å². The standard InChI is InChI=1S/C20H18F3N3/c1-19(2)11-26-15(7-8-16(26)20(3,22)23)18(25-19)13-9-12-5-4-6-14(21)17(12)24-10-13/h4-10H,11H2,1-3H3. The number of hydrogen-bond acceptors (Lipinski definition) is 2. The third-order valence-electron chi connectivity index (χ3n) is 4.57. The number of aromatic nitrogens is 2. The van der Waals surface area contributed by atoms with Gasteiger partial charge in [-0.25, -0.2) is 13.2 Å². The highest BCUT2D eigenvalue weighted by molar-refractivity contribution is 6.13. The minimum atomic E-state index is -2.94. The van der Waals surface area contributed by atoms with E-state index in [-0.39, 0.29) is 11.2 Å². The highest BCUT2D eigenvalue weighted by Gasteiger charge is 2.35. The van der Waals surface area contributed by atoms with Crippen molar-refractivity contribution in [1.82, 2.24) is 9.55 Å². The van der Waals surface area contributed by atoms with Crippen molar-refractivity contribution in [2.75, 3.05) is 0 Å². The van der Waals surface area contributed by atoms with E-state index < -0.39 is 17.3 Å². The van der Waals surface area contributed by atoms with Crippen molar-refractivity contribution < 1.29 is 13.2 Å². The first-order valence-corrected chi connectivity index (χ1v) is 8.38. The monoisotopic (exact) mass is 357 g/mol. The van der Waals surface area contributed by atoms with Gasteiger partial charge in [-0.1, -0.05) is 12.1 Å². The predicted octanol–water partition coefficient (Wildman–Crippen LogP) is 4.92. The van der Waals surface area contributed by atoms with Crippen molar-refractivity contribution in [2.45, 2.75) is 38.8 Å². The first kappa shape index (κ1) is 16.8. The van der Waals surface area contributed by atoms with Gasteiger partial charge in [0, 0.05) is 30.6 Å². The van der Waals surface area contributed by atoms with E-state index in [1.165, 1.54) is 12.1 Å². The van der Waals surface area contributed by atoms with E-state index >= 15 is 0 Å². The molecule has 0 saturated heterocycles. The average Bonchev–Trinajstić information content (AvgIpc) is 2.96. The molecule has 1 aliphatic rings. The van der Waals surface area contributed by atoms with Crippen molar-refractivity contribution in [3.63, 3.8) is 0 Å². The summed E-state index contributed by atoms with van der Waals surface area (Å²) in [5.41, 5.74) is 1.60. The summed E-state index contributed by atoms with van der Waals surface area (Å²) < 4.78 is 43.5. The normalized spacial score (nSPS) is 16.5. The van der Waals surface area contributed by atoms with Crippen LogP contribution in [0.3, 0.4) is 0 Å². The van der Waals surface area contributed by atoms with Gasteiger partial charge in [-0.3, -0.25) is 9.98 Å². The molecule has 0 radical (unpaired) electrons. The zero-order chi connectivity index (χ0) is 18.7. The number of pyridine rings is 1. The number of para-hydroxylation sites is 1. The number of alkyl halides is 2. The van der Waals surface area contributed by atoms with Crippen LogP contribution in [0.15, 0.2) is 47.6 Å². The molecule has 0 aliphatic carbocycles. The molecule has 3 heterocycles. The molecular weight excluding hydrogens is 339 g/mol. The van der Waals surface area contributed by atoms with Crippen LogP contribution >= 0.6 is 0 Å². The van der Waals surface area contributed by atoms with Crippen LogP contribution in [0.4, 0.5) is 13.2 Å². The maximum Gasteiger partial charge on any atom is 0.285 e. The van der Waals surface area contributed by atoms with E-state index in [2.05, 4.69) is 4.98 Å². The molecule has 0 bridgehead atoms. The minimum Gasteiger partial charge on any atom is -0.336 e. The Morgan fingerprint density at radius 2 is 1.92 bits per heavy atom. The molecule has 6 heteroatoms. The van der Waals surface area contributed by atoms with Crippen molar-refractivity contribution >= 4 is 16.6 Å². The molecule has 1 aromatic carbocycles. The third kappa shape index (κ3) is 2.69. The number of nitrogens with zero attached hydrogens (tertiary/aromatic N) is 3. The van der Waals surface area contributed by atoms with Crippen molar-refractivity contribution in [1.29, 1.82) is 0 Å². The molecule has 0 fully saturated rings. The quantitative estimate of drug-likeness (QED) is 0.640. The number of halogens is 3. The summed E-state index contributed by atoms with van der Waals surface area (Å²) in [7, 11) is 0. The summed E-state index contributed by atoms with van der Waals surface area (Å²) in [4.78, 5) is 8.99. The zero-order valence-corrected chi connectivity index (χ0v) is 14.7. The van der Waals surface area contributed by atoms with E-state index in [0.717, 1.165) is 6.92 Å². The first-order valence-electron chi connectivity index (χ1n) is 8.38. The molecule has 2 aromatic heterocycles. The molecule has 3 nitrogen and oxygen atoms in total. The molecule has 134 valence electrons. The average molecular weight is 357 g/mol. The summed E-state index contributed by atoms with van der Waals surface area (Å²) in [6, 6.07) is 9.66.